The molecule has 19 heavy (non-hydrogen) atoms. The summed E-state index contributed by atoms with van der Waals surface area (Å²) in [6.07, 6.45) is 0.284. The molecule has 0 fully saturated rings. The van der Waals surface area contributed by atoms with E-state index in [9.17, 15) is 4.79 Å². The van der Waals surface area contributed by atoms with E-state index >= 15 is 0 Å². The molecule has 2 rings (SSSR count). The van der Waals surface area contributed by atoms with E-state index in [1.165, 1.54) is 0 Å². The largest absolute Gasteiger partial charge is 1.00 e. The molecule has 0 aliphatic carbocycles. The van der Waals surface area contributed by atoms with Crippen molar-refractivity contribution in [1.82, 2.24) is 10.9 Å². The van der Waals surface area contributed by atoms with E-state index in [2.05, 4.69) is 35.7 Å². The van der Waals surface area contributed by atoms with Crippen molar-refractivity contribution in [2.75, 3.05) is 0 Å². The number of benzene rings is 2. The van der Waals surface area contributed by atoms with Gasteiger partial charge in [0.1, 0.15) is 0 Å². The Labute approximate surface area is 165 Å². The van der Waals surface area contributed by atoms with Crippen LogP contribution in [0.2, 0.25) is 0 Å². The third-order valence-corrected chi connectivity index (χ3v) is 2.74. The van der Waals surface area contributed by atoms with Crippen molar-refractivity contribution in [1.29, 1.82) is 0 Å². The maximum Gasteiger partial charge on any atom is 1.00 e. The zero-order chi connectivity index (χ0) is 13.0. The molecule has 6 heteroatoms. The maximum atomic E-state index is 11.7. The number of rotatable bonds is 2. The van der Waals surface area contributed by atoms with E-state index in [1.807, 2.05) is 42.5 Å². The number of nitrogens with one attached hydrogen (secondary N) is 2. The van der Waals surface area contributed by atoms with Gasteiger partial charge in [-0.15, -0.1) is 0 Å². The summed E-state index contributed by atoms with van der Waals surface area (Å²) < 4.78 is 0.126. The molecule has 3 nitrogen and oxygen atoms in total. The van der Waals surface area contributed by atoms with Crippen molar-refractivity contribution >= 4 is 45.8 Å². The van der Waals surface area contributed by atoms with Crippen molar-refractivity contribution in [2.45, 2.75) is 6.42 Å². The van der Waals surface area contributed by atoms with Gasteiger partial charge in [0.2, 0.25) is 5.91 Å². The first-order valence-electron chi connectivity index (χ1n) is 5.39. The summed E-state index contributed by atoms with van der Waals surface area (Å²) in [6.45, 7) is 0. The average Bonchev–Trinajstić information content (AvgIpc) is 2.37. The van der Waals surface area contributed by atoms with Crippen molar-refractivity contribution in [3.63, 3.8) is 0 Å². The number of carbonyl (C=O) groups is 1. The fourth-order valence-corrected chi connectivity index (χ4v) is 1.89. The Bertz CT molecular complexity index is 599. The fourth-order valence-electron chi connectivity index (χ4n) is 1.78. The normalized spacial score (nSPS) is 9.47. The van der Waals surface area contributed by atoms with Crippen LogP contribution in [0.3, 0.4) is 0 Å². The molecule has 92 valence electrons. The Morgan fingerprint density at radius 1 is 1.11 bits per heavy atom. The molecule has 1 amide bonds. The zero-order valence-electron chi connectivity index (χ0n) is 10.5. The summed E-state index contributed by atoms with van der Waals surface area (Å²) in [5.41, 5.74) is 5.90. The van der Waals surface area contributed by atoms with Crippen LogP contribution in [0.5, 0.6) is 0 Å². The van der Waals surface area contributed by atoms with Crippen LogP contribution in [0.1, 0.15) is 5.56 Å². The number of carbonyl (C=O) groups excluding carboxylic acids is 1. The summed E-state index contributed by atoms with van der Waals surface area (Å²) in [7, 11) is 0. The van der Waals surface area contributed by atoms with Gasteiger partial charge in [0.05, 0.1) is 6.42 Å². The van der Waals surface area contributed by atoms with Crippen LogP contribution in [0.25, 0.3) is 10.8 Å². The van der Waals surface area contributed by atoms with Gasteiger partial charge in [0.15, 0.2) is 0 Å². The first-order chi connectivity index (χ1) is 8.66. The third-order valence-electron chi connectivity index (χ3n) is 2.53. The van der Waals surface area contributed by atoms with Crippen LogP contribution in [-0.2, 0) is 23.8 Å². The van der Waals surface area contributed by atoms with E-state index in [0.29, 0.717) is 0 Å². The monoisotopic (exact) mass is 314 g/mol. The van der Waals surface area contributed by atoms with Crippen LogP contribution < -0.4 is 62.2 Å². The first kappa shape index (κ1) is 17.0. The van der Waals surface area contributed by atoms with Gasteiger partial charge in [-0.25, -0.2) is 0 Å². The second kappa shape index (κ2) is 8.26. The summed E-state index contributed by atoms with van der Waals surface area (Å²) in [4.78, 5) is 11.7. The van der Waals surface area contributed by atoms with E-state index in [1.54, 1.807) is 0 Å². The van der Waals surface area contributed by atoms with Crippen LogP contribution in [0, 0.1) is 0 Å². The van der Waals surface area contributed by atoms with E-state index in [0.717, 1.165) is 16.3 Å². The predicted molar refractivity (Wildman–Crippen MR) is 78.9 cm³/mol. The SMILES string of the molecule is O=C(Cc1cccc2ccccc12)NNC(=S)[S-].[K+]. The average molecular weight is 314 g/mol. The van der Waals surface area contributed by atoms with Crippen molar-refractivity contribution in [3.8, 4) is 0 Å². The van der Waals surface area contributed by atoms with Crippen LogP contribution >= 0.6 is 12.2 Å². The Morgan fingerprint density at radius 2 is 1.79 bits per heavy atom. The van der Waals surface area contributed by atoms with E-state index in [-0.39, 0.29) is 68.0 Å². The van der Waals surface area contributed by atoms with Gasteiger partial charge < -0.3 is 30.3 Å². The van der Waals surface area contributed by atoms with Gasteiger partial charge >= 0.3 is 51.4 Å². The van der Waals surface area contributed by atoms with E-state index in [4.69, 9.17) is 0 Å². The molecule has 0 aliphatic heterocycles. The molecule has 0 saturated heterocycles. The standard InChI is InChI=1S/C13H12N2OS2.K/c16-12(14-15-13(17)18)8-10-6-3-5-9-4-1-2-7-11(9)10;/h1-7H,8H2,(H,14,16)(H2,15,17,18);/q;+1/p-1. The molecule has 0 saturated carbocycles. The Hall–Kier alpha value is -0.0836. The number of amides is 1. The molecule has 0 unspecified atom stereocenters. The molecule has 2 N–H and O–H groups in total. The fraction of sp³-hybridized carbons (Fsp3) is 0.0769. The second-order valence-electron chi connectivity index (χ2n) is 3.78. The molecule has 0 atom stereocenters. The first-order valence-corrected chi connectivity index (χ1v) is 6.21. The Balaban J connectivity index is 0.00000180. The summed E-state index contributed by atoms with van der Waals surface area (Å²) in [5.74, 6) is -0.168. The maximum absolute atomic E-state index is 11.7. The Kier molecular flexibility index (Phi) is 7.38. The van der Waals surface area contributed by atoms with E-state index < -0.39 is 0 Å². The molecule has 0 spiro atoms. The molecule has 0 aliphatic rings. The van der Waals surface area contributed by atoms with Gasteiger partial charge in [-0.3, -0.25) is 10.2 Å². The van der Waals surface area contributed by atoms with Gasteiger partial charge in [0, 0.05) is 0 Å². The number of hydrogen-bond donors (Lipinski definition) is 2. The van der Waals surface area contributed by atoms with Gasteiger partial charge in [-0.2, -0.15) is 0 Å². The second-order valence-corrected chi connectivity index (χ2v) is 4.85. The van der Waals surface area contributed by atoms with Crippen molar-refractivity contribution in [2.24, 2.45) is 0 Å². The molecule has 2 aromatic rings. The number of hydrogen-bond acceptors (Lipinski definition) is 3. The number of hydrazine groups is 1. The van der Waals surface area contributed by atoms with Gasteiger partial charge in [-0.1, -0.05) is 42.5 Å². The molecular weight excluding hydrogens is 303 g/mol. The zero-order valence-corrected chi connectivity index (χ0v) is 15.2. The minimum atomic E-state index is -0.168. The minimum absolute atomic E-state index is 0. The Morgan fingerprint density at radius 3 is 2.53 bits per heavy atom. The summed E-state index contributed by atoms with van der Waals surface area (Å²) in [6, 6.07) is 13.9. The third kappa shape index (κ3) is 5.07. The summed E-state index contributed by atoms with van der Waals surface area (Å²) >= 11 is 9.29. The smallest absolute Gasteiger partial charge is 0.410 e. The van der Waals surface area contributed by atoms with Crippen LogP contribution in [0.4, 0.5) is 0 Å². The predicted octanol–water partition coefficient (Wildman–Crippen LogP) is -1.16. The molecule has 2 aromatic carbocycles. The van der Waals surface area contributed by atoms with Crippen molar-refractivity contribution < 1.29 is 56.2 Å². The van der Waals surface area contributed by atoms with Crippen LogP contribution in [0.15, 0.2) is 42.5 Å². The van der Waals surface area contributed by atoms with Gasteiger partial charge in [-0.05, 0) is 20.7 Å². The number of fused-ring (bicyclic) bond motifs is 1. The van der Waals surface area contributed by atoms with Crippen LogP contribution in [-0.4, -0.2) is 10.2 Å². The minimum Gasteiger partial charge on any atom is -0.410 e. The summed E-state index contributed by atoms with van der Waals surface area (Å²) in [5, 5.41) is 2.20. The number of thiocarbonyl (C=S) groups is 1. The molecule has 0 radical (unpaired) electrons. The quantitative estimate of drug-likeness (QED) is 0.318. The van der Waals surface area contributed by atoms with Crippen molar-refractivity contribution in [3.05, 3.63) is 48.0 Å². The molecule has 0 aromatic heterocycles. The topological polar surface area (TPSA) is 41.1 Å². The van der Waals surface area contributed by atoms with Gasteiger partial charge in [0.25, 0.3) is 0 Å². The molecule has 0 bridgehead atoms. The molecule has 0 heterocycles. The molecular formula is C13H11KN2OS2.